The van der Waals surface area contributed by atoms with E-state index in [2.05, 4.69) is 6.92 Å². The Bertz CT molecular complexity index is 329. The van der Waals surface area contributed by atoms with Gasteiger partial charge >= 0.3 is 5.97 Å². The van der Waals surface area contributed by atoms with Crippen molar-refractivity contribution in [1.29, 1.82) is 0 Å². The molecule has 0 saturated carbocycles. The maximum Gasteiger partial charge on any atom is 0.328 e. The lowest BCUT2D eigenvalue weighted by Crippen LogP contribution is -2.04. The van der Waals surface area contributed by atoms with Crippen LogP contribution in [0.15, 0.2) is 36.5 Å². The smallest absolute Gasteiger partial charge is 0.328 e. The predicted octanol–water partition coefficient (Wildman–Crippen LogP) is 4.63. The predicted molar refractivity (Wildman–Crippen MR) is 88.3 cm³/mol. The molecule has 0 rings (SSSR count). The molecule has 0 aliphatic rings. The van der Waals surface area contributed by atoms with Gasteiger partial charge in [0.15, 0.2) is 0 Å². The van der Waals surface area contributed by atoms with Gasteiger partial charge in [0.25, 0.3) is 0 Å². The number of unbranched alkanes of at least 4 members (excludes halogenated alkanes) is 6. The Kier molecular flexibility index (Phi) is 14.1. The molecule has 0 bridgehead atoms. The Labute approximate surface area is 129 Å². The fraction of sp³-hybridized carbons (Fsp3) is 0.611. The Balaban J connectivity index is 3.49. The van der Waals surface area contributed by atoms with E-state index in [1.54, 1.807) is 12.2 Å². The number of carboxylic acids is 1. The summed E-state index contributed by atoms with van der Waals surface area (Å²) < 4.78 is 0. The third kappa shape index (κ3) is 16.6. The van der Waals surface area contributed by atoms with Crippen LogP contribution < -0.4 is 0 Å². The van der Waals surface area contributed by atoms with E-state index in [1.165, 1.54) is 44.6 Å². The highest BCUT2D eigenvalue weighted by atomic mass is 16.4. The molecule has 120 valence electrons. The van der Waals surface area contributed by atoms with Crippen molar-refractivity contribution in [1.82, 2.24) is 0 Å². The zero-order chi connectivity index (χ0) is 15.8. The summed E-state index contributed by atoms with van der Waals surface area (Å²) in [6.45, 7) is 2.22. The standard InChI is InChI=1S/C18H30O3/c1-2-3-4-5-6-8-11-14-17(19)15-12-9-7-10-13-16-18(20)21/h7,9-10,12-13,16-17,19H,2-6,8,11,14-15H2,1H3,(H,20,21). The lowest BCUT2D eigenvalue weighted by atomic mass is 10.0. The van der Waals surface area contributed by atoms with E-state index < -0.39 is 5.97 Å². The summed E-state index contributed by atoms with van der Waals surface area (Å²) in [7, 11) is 0. The first-order valence-corrected chi connectivity index (χ1v) is 8.07. The molecule has 0 amide bonds. The lowest BCUT2D eigenvalue weighted by Gasteiger charge is -2.07. The van der Waals surface area contributed by atoms with Gasteiger partial charge in [0.05, 0.1) is 6.10 Å². The first kappa shape index (κ1) is 19.7. The molecule has 0 spiro atoms. The molecule has 0 aliphatic carbocycles. The summed E-state index contributed by atoms with van der Waals surface area (Å²) >= 11 is 0. The van der Waals surface area contributed by atoms with Crippen molar-refractivity contribution < 1.29 is 15.0 Å². The van der Waals surface area contributed by atoms with Gasteiger partial charge in [-0.25, -0.2) is 4.79 Å². The van der Waals surface area contributed by atoms with Crippen LogP contribution in [0.1, 0.15) is 64.7 Å². The van der Waals surface area contributed by atoms with Gasteiger partial charge in [0, 0.05) is 6.08 Å². The van der Waals surface area contributed by atoms with E-state index in [9.17, 15) is 9.90 Å². The fourth-order valence-electron chi connectivity index (χ4n) is 2.04. The third-order valence-electron chi connectivity index (χ3n) is 3.26. The Hall–Kier alpha value is -1.35. The van der Waals surface area contributed by atoms with Gasteiger partial charge < -0.3 is 10.2 Å². The number of rotatable bonds is 13. The monoisotopic (exact) mass is 294 g/mol. The van der Waals surface area contributed by atoms with Crippen LogP contribution in [0.25, 0.3) is 0 Å². The molecule has 0 aliphatic heterocycles. The van der Waals surface area contributed by atoms with Gasteiger partial charge in [-0.1, -0.05) is 82.2 Å². The third-order valence-corrected chi connectivity index (χ3v) is 3.26. The molecule has 0 fully saturated rings. The zero-order valence-corrected chi connectivity index (χ0v) is 13.2. The molecule has 1 atom stereocenters. The first-order chi connectivity index (χ1) is 10.2. The fourth-order valence-corrected chi connectivity index (χ4v) is 2.04. The van der Waals surface area contributed by atoms with Gasteiger partial charge in [-0.2, -0.15) is 0 Å². The number of allylic oxidation sites excluding steroid dienone is 4. The molecular weight excluding hydrogens is 264 g/mol. The Morgan fingerprint density at radius 3 is 2.24 bits per heavy atom. The second-order valence-electron chi connectivity index (χ2n) is 5.31. The number of hydrogen-bond donors (Lipinski definition) is 2. The van der Waals surface area contributed by atoms with Gasteiger partial charge in [-0.3, -0.25) is 0 Å². The van der Waals surface area contributed by atoms with Crippen molar-refractivity contribution in [3.63, 3.8) is 0 Å². The van der Waals surface area contributed by atoms with E-state index in [4.69, 9.17) is 5.11 Å². The molecule has 0 aromatic carbocycles. The van der Waals surface area contributed by atoms with E-state index in [-0.39, 0.29) is 6.10 Å². The minimum Gasteiger partial charge on any atom is -0.478 e. The van der Waals surface area contributed by atoms with Crippen molar-refractivity contribution in [2.75, 3.05) is 0 Å². The number of carbonyl (C=O) groups is 1. The Morgan fingerprint density at radius 1 is 0.952 bits per heavy atom. The molecule has 0 saturated heterocycles. The molecule has 0 heterocycles. The highest BCUT2D eigenvalue weighted by Crippen LogP contribution is 2.11. The van der Waals surface area contributed by atoms with Crippen LogP contribution in [0.2, 0.25) is 0 Å². The normalized spacial score (nSPS) is 13.6. The second kappa shape index (κ2) is 15.0. The molecule has 21 heavy (non-hydrogen) atoms. The van der Waals surface area contributed by atoms with Crippen molar-refractivity contribution in [3.05, 3.63) is 36.5 Å². The molecule has 3 heteroatoms. The summed E-state index contributed by atoms with van der Waals surface area (Å²) in [5.74, 6) is -0.950. The van der Waals surface area contributed by atoms with Gasteiger partial charge in [0.2, 0.25) is 0 Å². The number of aliphatic hydroxyl groups excluding tert-OH is 1. The highest BCUT2D eigenvalue weighted by Gasteiger charge is 2.00. The van der Waals surface area contributed by atoms with Crippen LogP contribution in [0.3, 0.4) is 0 Å². The van der Waals surface area contributed by atoms with Gasteiger partial charge in [-0.05, 0) is 12.8 Å². The average molecular weight is 294 g/mol. The topological polar surface area (TPSA) is 57.5 Å². The van der Waals surface area contributed by atoms with Crippen molar-refractivity contribution in [2.45, 2.75) is 70.8 Å². The number of aliphatic carboxylic acids is 1. The Morgan fingerprint density at radius 2 is 1.57 bits per heavy atom. The van der Waals surface area contributed by atoms with Crippen LogP contribution in [0.4, 0.5) is 0 Å². The maximum atomic E-state index is 10.2. The number of hydrogen-bond acceptors (Lipinski definition) is 2. The first-order valence-electron chi connectivity index (χ1n) is 8.07. The summed E-state index contributed by atoms with van der Waals surface area (Å²) in [5, 5.41) is 18.2. The van der Waals surface area contributed by atoms with Crippen molar-refractivity contribution in [3.8, 4) is 0 Å². The van der Waals surface area contributed by atoms with Crippen LogP contribution in [0.5, 0.6) is 0 Å². The van der Waals surface area contributed by atoms with E-state index in [1.807, 2.05) is 12.2 Å². The molecule has 0 radical (unpaired) electrons. The zero-order valence-electron chi connectivity index (χ0n) is 13.2. The lowest BCUT2D eigenvalue weighted by molar-refractivity contribution is -0.131. The van der Waals surface area contributed by atoms with Crippen LogP contribution in [-0.2, 0) is 4.79 Å². The molecule has 0 aromatic heterocycles. The quantitative estimate of drug-likeness (QED) is 0.296. The van der Waals surface area contributed by atoms with E-state index in [0.29, 0.717) is 6.42 Å². The van der Waals surface area contributed by atoms with E-state index in [0.717, 1.165) is 18.9 Å². The van der Waals surface area contributed by atoms with E-state index >= 15 is 0 Å². The number of carboxylic acid groups (broad SMARTS) is 1. The summed E-state index contributed by atoms with van der Waals surface area (Å²) in [5.41, 5.74) is 0. The minimum absolute atomic E-state index is 0.264. The summed E-state index contributed by atoms with van der Waals surface area (Å²) in [6.07, 6.45) is 19.8. The van der Waals surface area contributed by atoms with Crippen LogP contribution in [0, 0.1) is 0 Å². The molecule has 0 aromatic rings. The molecule has 2 N–H and O–H groups in total. The summed E-state index contributed by atoms with van der Waals surface area (Å²) in [4.78, 5) is 10.2. The molecule has 3 nitrogen and oxygen atoms in total. The average Bonchev–Trinajstić information content (AvgIpc) is 2.45. The van der Waals surface area contributed by atoms with Crippen LogP contribution >= 0.6 is 0 Å². The number of aliphatic hydroxyl groups is 1. The van der Waals surface area contributed by atoms with Gasteiger partial charge in [-0.15, -0.1) is 0 Å². The van der Waals surface area contributed by atoms with Crippen molar-refractivity contribution in [2.24, 2.45) is 0 Å². The van der Waals surface area contributed by atoms with Crippen molar-refractivity contribution >= 4 is 5.97 Å². The largest absolute Gasteiger partial charge is 0.478 e. The second-order valence-corrected chi connectivity index (χ2v) is 5.31. The van der Waals surface area contributed by atoms with Gasteiger partial charge in [0.1, 0.15) is 0 Å². The SMILES string of the molecule is CCCCCCCCCC(O)CC=CC=CC=CC(=O)O. The molecule has 1 unspecified atom stereocenters. The highest BCUT2D eigenvalue weighted by molar-refractivity contribution is 5.80. The van der Waals surface area contributed by atoms with Crippen LogP contribution in [-0.4, -0.2) is 22.3 Å². The maximum absolute atomic E-state index is 10.2. The summed E-state index contributed by atoms with van der Waals surface area (Å²) in [6, 6.07) is 0. The minimum atomic E-state index is -0.950. The molecular formula is C18H30O3.